The number of hydrogen-bond donors (Lipinski definition) is 2. The number of nitrogens with zero attached hydrogens (tertiary/aromatic N) is 1. The van der Waals surface area contributed by atoms with Crippen LogP contribution in [0.25, 0.3) is 0 Å². The zero-order valence-corrected chi connectivity index (χ0v) is 19.8. The summed E-state index contributed by atoms with van der Waals surface area (Å²) in [5.41, 5.74) is 2.85. The Labute approximate surface area is 199 Å². The molecule has 0 aromatic heterocycles. The molecule has 2 heterocycles. The predicted molar refractivity (Wildman–Crippen MR) is 128 cm³/mol. The molecule has 0 spiro atoms. The SMILES string of the molecule is CCOC(=O)C1=C(CN2CC[C@@H](c3ccccc3)C2)NC(=O)N[C@H]1c1cccc(OC)c1OC. The first-order chi connectivity index (χ1) is 16.5. The summed E-state index contributed by atoms with van der Waals surface area (Å²) in [6.07, 6.45) is 1.02. The van der Waals surface area contributed by atoms with E-state index in [2.05, 4.69) is 39.8 Å². The second-order valence-electron chi connectivity index (χ2n) is 8.36. The molecule has 2 aromatic rings. The van der Waals surface area contributed by atoms with Gasteiger partial charge in [0.25, 0.3) is 0 Å². The first kappa shape index (κ1) is 23.6. The predicted octanol–water partition coefficient (Wildman–Crippen LogP) is 3.36. The van der Waals surface area contributed by atoms with Crippen molar-refractivity contribution in [3.05, 3.63) is 70.9 Å². The molecule has 8 heteroatoms. The van der Waals surface area contributed by atoms with E-state index in [1.807, 2.05) is 12.1 Å². The molecule has 1 fully saturated rings. The molecule has 2 aromatic carbocycles. The summed E-state index contributed by atoms with van der Waals surface area (Å²) >= 11 is 0. The highest BCUT2D eigenvalue weighted by Crippen LogP contribution is 2.39. The average Bonchev–Trinajstić information content (AvgIpc) is 3.32. The van der Waals surface area contributed by atoms with Gasteiger partial charge in [-0.25, -0.2) is 9.59 Å². The van der Waals surface area contributed by atoms with Gasteiger partial charge in [0, 0.05) is 24.4 Å². The van der Waals surface area contributed by atoms with Crippen LogP contribution in [0.15, 0.2) is 59.8 Å². The van der Waals surface area contributed by atoms with Crippen LogP contribution < -0.4 is 20.1 Å². The molecule has 2 aliphatic heterocycles. The van der Waals surface area contributed by atoms with Crippen LogP contribution in [0.2, 0.25) is 0 Å². The van der Waals surface area contributed by atoms with Gasteiger partial charge in [-0.3, -0.25) is 4.90 Å². The number of hydrogen-bond acceptors (Lipinski definition) is 6. The summed E-state index contributed by atoms with van der Waals surface area (Å²) in [5, 5.41) is 5.74. The molecular formula is C26H31N3O5. The minimum absolute atomic E-state index is 0.228. The third kappa shape index (κ3) is 4.87. The van der Waals surface area contributed by atoms with Crippen LogP contribution in [0.5, 0.6) is 11.5 Å². The second-order valence-corrected chi connectivity index (χ2v) is 8.36. The smallest absolute Gasteiger partial charge is 0.338 e. The van der Waals surface area contributed by atoms with Crippen molar-refractivity contribution < 1.29 is 23.8 Å². The van der Waals surface area contributed by atoms with Crippen LogP contribution in [0.4, 0.5) is 4.79 Å². The second kappa shape index (κ2) is 10.6. The van der Waals surface area contributed by atoms with Crippen molar-refractivity contribution in [2.45, 2.75) is 25.3 Å². The fourth-order valence-corrected chi connectivity index (χ4v) is 4.76. The molecule has 2 N–H and O–H groups in total. The molecular weight excluding hydrogens is 434 g/mol. The number of methoxy groups -OCH3 is 2. The number of likely N-dealkylation sites (tertiary alicyclic amines) is 1. The topological polar surface area (TPSA) is 89.1 Å². The zero-order valence-electron chi connectivity index (χ0n) is 19.8. The number of esters is 1. The number of ether oxygens (including phenoxy) is 3. The third-order valence-corrected chi connectivity index (χ3v) is 6.32. The maximum absolute atomic E-state index is 13.2. The van der Waals surface area contributed by atoms with E-state index in [0.29, 0.717) is 40.8 Å². The number of benzene rings is 2. The van der Waals surface area contributed by atoms with Crippen molar-refractivity contribution >= 4 is 12.0 Å². The molecule has 8 nitrogen and oxygen atoms in total. The first-order valence-electron chi connectivity index (χ1n) is 11.5. The first-order valence-corrected chi connectivity index (χ1v) is 11.5. The minimum Gasteiger partial charge on any atom is -0.493 e. The molecule has 0 saturated carbocycles. The summed E-state index contributed by atoms with van der Waals surface area (Å²) in [4.78, 5) is 28.1. The Morgan fingerprint density at radius 1 is 1.09 bits per heavy atom. The number of carbonyl (C=O) groups is 2. The summed E-state index contributed by atoms with van der Waals surface area (Å²) in [6, 6.07) is 14.7. The third-order valence-electron chi connectivity index (χ3n) is 6.32. The van der Waals surface area contributed by atoms with Crippen molar-refractivity contribution in [1.29, 1.82) is 0 Å². The van der Waals surface area contributed by atoms with Crippen molar-refractivity contribution in [3.63, 3.8) is 0 Å². The van der Waals surface area contributed by atoms with Gasteiger partial charge in [0.1, 0.15) is 0 Å². The Hall–Kier alpha value is -3.52. The van der Waals surface area contributed by atoms with Gasteiger partial charge in [0.15, 0.2) is 11.5 Å². The lowest BCUT2D eigenvalue weighted by atomic mass is 9.93. The number of rotatable bonds is 8. The van der Waals surface area contributed by atoms with Gasteiger partial charge < -0.3 is 24.8 Å². The van der Waals surface area contributed by atoms with Crippen molar-refractivity contribution in [2.75, 3.05) is 40.5 Å². The van der Waals surface area contributed by atoms with E-state index in [1.165, 1.54) is 12.7 Å². The summed E-state index contributed by atoms with van der Waals surface area (Å²) < 4.78 is 16.4. The summed E-state index contributed by atoms with van der Waals surface area (Å²) in [5.74, 6) is 0.921. The van der Waals surface area contributed by atoms with Crippen molar-refractivity contribution in [3.8, 4) is 11.5 Å². The van der Waals surface area contributed by atoms with Crippen molar-refractivity contribution in [1.82, 2.24) is 15.5 Å². The number of carbonyl (C=O) groups excluding carboxylic acids is 2. The standard InChI is InChI=1S/C26H31N3O5/c1-4-34-25(30)22-20(16-29-14-13-18(15-29)17-9-6-5-7-10-17)27-26(31)28-23(22)19-11-8-12-21(32-2)24(19)33-3/h5-12,18,23H,4,13-16H2,1-3H3,(H2,27,28,31)/t18-,23+/m1/s1. The monoisotopic (exact) mass is 465 g/mol. The van der Waals surface area contributed by atoms with Crippen LogP contribution in [0.1, 0.15) is 36.4 Å². The molecule has 4 rings (SSSR count). The Kier molecular flexibility index (Phi) is 7.37. The van der Waals surface area contributed by atoms with Crippen LogP contribution in [0.3, 0.4) is 0 Å². The van der Waals surface area contributed by atoms with Gasteiger partial charge in [-0.05, 0) is 37.4 Å². The van der Waals surface area contributed by atoms with E-state index in [4.69, 9.17) is 14.2 Å². The fourth-order valence-electron chi connectivity index (χ4n) is 4.76. The van der Waals surface area contributed by atoms with E-state index in [1.54, 1.807) is 26.2 Å². The van der Waals surface area contributed by atoms with Gasteiger partial charge in [-0.2, -0.15) is 0 Å². The maximum Gasteiger partial charge on any atom is 0.338 e. The van der Waals surface area contributed by atoms with Crippen LogP contribution >= 0.6 is 0 Å². The van der Waals surface area contributed by atoms with E-state index in [9.17, 15) is 9.59 Å². The average molecular weight is 466 g/mol. The van der Waals surface area contributed by atoms with E-state index in [0.717, 1.165) is 19.5 Å². The molecule has 1 saturated heterocycles. The molecule has 2 atom stereocenters. The Morgan fingerprint density at radius 2 is 1.88 bits per heavy atom. The maximum atomic E-state index is 13.2. The largest absolute Gasteiger partial charge is 0.493 e. The lowest BCUT2D eigenvalue weighted by Gasteiger charge is -2.32. The summed E-state index contributed by atoms with van der Waals surface area (Å²) in [7, 11) is 3.08. The Bertz CT molecular complexity index is 1070. The fraction of sp³-hybridized carbons (Fsp3) is 0.385. The minimum atomic E-state index is -0.736. The van der Waals surface area contributed by atoms with Gasteiger partial charge in [0.2, 0.25) is 0 Å². The quantitative estimate of drug-likeness (QED) is 0.581. The molecule has 0 unspecified atom stereocenters. The molecule has 0 aliphatic carbocycles. The molecule has 34 heavy (non-hydrogen) atoms. The van der Waals surface area contributed by atoms with Gasteiger partial charge >= 0.3 is 12.0 Å². The van der Waals surface area contributed by atoms with Crippen molar-refractivity contribution in [2.24, 2.45) is 0 Å². The van der Waals surface area contributed by atoms with Gasteiger partial charge in [-0.15, -0.1) is 0 Å². The molecule has 0 radical (unpaired) electrons. The van der Waals surface area contributed by atoms with Crippen LogP contribution in [0, 0.1) is 0 Å². The van der Waals surface area contributed by atoms with Gasteiger partial charge in [0.05, 0.1) is 32.4 Å². The highest BCUT2D eigenvalue weighted by Gasteiger charge is 2.37. The van der Waals surface area contributed by atoms with E-state index < -0.39 is 12.0 Å². The van der Waals surface area contributed by atoms with Crippen LogP contribution in [-0.2, 0) is 9.53 Å². The summed E-state index contributed by atoms with van der Waals surface area (Å²) in [6.45, 7) is 4.15. The number of para-hydroxylation sites is 1. The zero-order chi connectivity index (χ0) is 24.1. The highest BCUT2D eigenvalue weighted by atomic mass is 16.5. The molecule has 2 amide bonds. The molecule has 0 bridgehead atoms. The Morgan fingerprint density at radius 3 is 2.59 bits per heavy atom. The number of amides is 2. The Balaban J connectivity index is 1.68. The highest BCUT2D eigenvalue weighted by molar-refractivity contribution is 5.95. The lowest BCUT2D eigenvalue weighted by Crippen LogP contribution is -2.48. The number of urea groups is 1. The van der Waals surface area contributed by atoms with E-state index in [-0.39, 0.29) is 12.6 Å². The van der Waals surface area contributed by atoms with Crippen LogP contribution in [-0.4, -0.2) is 57.4 Å². The number of nitrogens with one attached hydrogen (secondary N) is 2. The lowest BCUT2D eigenvalue weighted by molar-refractivity contribution is -0.139. The molecule has 2 aliphatic rings. The normalized spacial score (nSPS) is 20.5. The van der Waals surface area contributed by atoms with E-state index >= 15 is 0 Å². The molecule has 180 valence electrons. The van der Waals surface area contributed by atoms with Gasteiger partial charge in [-0.1, -0.05) is 42.5 Å².